The van der Waals surface area contributed by atoms with Crippen molar-refractivity contribution in [2.24, 2.45) is 0 Å². The summed E-state index contributed by atoms with van der Waals surface area (Å²) in [6, 6.07) is 0. The third-order valence-corrected chi connectivity index (χ3v) is 1.93. The Kier molecular flexibility index (Phi) is 3.31. The molecular formula is C8H11ClN4O2. The maximum absolute atomic E-state index is 11.3. The van der Waals surface area contributed by atoms with Gasteiger partial charge >= 0.3 is 5.69 Å². The topological polar surface area (TPSA) is 94.4 Å². The molecule has 7 heteroatoms. The standard InChI is InChI=1S/C8H10N4O2.ClH/c1-2-3-4-9-5-6(10-4)11-8(14)12-7(5)13;/h2-3H2,1H3,(H3,9,10,11,12,13,14);1H. The van der Waals surface area contributed by atoms with E-state index in [4.69, 9.17) is 0 Å². The van der Waals surface area contributed by atoms with Gasteiger partial charge in [-0.1, -0.05) is 6.92 Å². The highest BCUT2D eigenvalue weighted by Gasteiger charge is 2.06. The fourth-order valence-corrected chi connectivity index (χ4v) is 1.34. The number of aromatic nitrogens is 4. The van der Waals surface area contributed by atoms with E-state index >= 15 is 0 Å². The van der Waals surface area contributed by atoms with Crippen molar-refractivity contribution in [3.63, 3.8) is 0 Å². The molecule has 0 aromatic carbocycles. The fraction of sp³-hybridized carbons (Fsp3) is 0.375. The summed E-state index contributed by atoms with van der Waals surface area (Å²) in [6.07, 6.45) is 1.69. The Morgan fingerprint density at radius 2 is 1.93 bits per heavy atom. The second kappa shape index (κ2) is 4.31. The lowest BCUT2D eigenvalue weighted by Crippen LogP contribution is -2.21. The normalized spacial score (nSPS) is 10.2. The zero-order valence-corrected chi connectivity index (χ0v) is 8.90. The van der Waals surface area contributed by atoms with Gasteiger partial charge in [-0.3, -0.25) is 14.8 Å². The van der Waals surface area contributed by atoms with Crippen molar-refractivity contribution in [2.75, 3.05) is 0 Å². The Hall–Kier alpha value is -1.56. The number of halogens is 1. The van der Waals surface area contributed by atoms with Crippen LogP contribution in [-0.4, -0.2) is 19.9 Å². The van der Waals surface area contributed by atoms with Crippen molar-refractivity contribution >= 4 is 23.6 Å². The van der Waals surface area contributed by atoms with Gasteiger partial charge in [0.25, 0.3) is 5.56 Å². The zero-order valence-electron chi connectivity index (χ0n) is 8.09. The van der Waals surface area contributed by atoms with Crippen LogP contribution in [0.25, 0.3) is 11.2 Å². The Morgan fingerprint density at radius 3 is 2.60 bits per heavy atom. The predicted molar refractivity (Wildman–Crippen MR) is 58.6 cm³/mol. The van der Waals surface area contributed by atoms with E-state index in [1.807, 2.05) is 6.92 Å². The number of imidazole rings is 1. The lowest BCUT2D eigenvalue weighted by Gasteiger charge is -1.86. The Bertz CT molecular complexity index is 568. The lowest BCUT2D eigenvalue weighted by molar-refractivity contribution is 0.860. The molecule has 0 bridgehead atoms. The molecule has 0 radical (unpaired) electrons. The molecule has 0 aliphatic carbocycles. The largest absolute Gasteiger partial charge is 0.336 e. The van der Waals surface area contributed by atoms with Crippen LogP contribution in [0.2, 0.25) is 0 Å². The minimum atomic E-state index is -0.531. The molecule has 6 nitrogen and oxygen atoms in total. The minimum absolute atomic E-state index is 0. The van der Waals surface area contributed by atoms with Gasteiger partial charge in [0.2, 0.25) is 0 Å². The first-order chi connectivity index (χ1) is 6.70. The SMILES string of the molecule is CCCc1nc2[nH]c(=O)[nH]c(=O)c2[nH]1.Cl. The van der Waals surface area contributed by atoms with E-state index in [9.17, 15) is 9.59 Å². The van der Waals surface area contributed by atoms with Crippen molar-refractivity contribution < 1.29 is 0 Å². The summed E-state index contributed by atoms with van der Waals surface area (Å²) in [7, 11) is 0. The molecule has 0 amide bonds. The quantitative estimate of drug-likeness (QED) is 0.693. The van der Waals surface area contributed by atoms with Crippen LogP contribution in [0.15, 0.2) is 9.59 Å². The number of hydrogen-bond acceptors (Lipinski definition) is 3. The molecular weight excluding hydrogens is 220 g/mol. The van der Waals surface area contributed by atoms with Gasteiger partial charge in [0.1, 0.15) is 11.3 Å². The third-order valence-electron chi connectivity index (χ3n) is 1.93. The number of aromatic amines is 3. The van der Waals surface area contributed by atoms with Crippen molar-refractivity contribution in [1.29, 1.82) is 0 Å². The van der Waals surface area contributed by atoms with Crippen LogP contribution in [0.3, 0.4) is 0 Å². The van der Waals surface area contributed by atoms with E-state index in [2.05, 4.69) is 19.9 Å². The summed E-state index contributed by atoms with van der Waals surface area (Å²) in [5.74, 6) is 0.717. The summed E-state index contributed by atoms with van der Waals surface area (Å²) in [5.41, 5.74) is -0.314. The van der Waals surface area contributed by atoms with E-state index in [1.54, 1.807) is 0 Å². The summed E-state index contributed by atoms with van der Waals surface area (Å²) < 4.78 is 0. The van der Waals surface area contributed by atoms with Crippen LogP contribution in [0.5, 0.6) is 0 Å². The highest BCUT2D eigenvalue weighted by Crippen LogP contribution is 2.02. The molecule has 0 aliphatic rings. The highest BCUT2D eigenvalue weighted by molar-refractivity contribution is 5.85. The Labute approximate surface area is 90.6 Å². The molecule has 0 spiro atoms. The zero-order chi connectivity index (χ0) is 10.1. The maximum atomic E-state index is 11.3. The van der Waals surface area contributed by atoms with Gasteiger partial charge in [-0.05, 0) is 6.42 Å². The summed E-state index contributed by atoms with van der Waals surface area (Å²) in [5, 5.41) is 0. The smallest absolute Gasteiger partial charge is 0.327 e. The second-order valence-corrected chi connectivity index (χ2v) is 3.07. The van der Waals surface area contributed by atoms with E-state index in [1.165, 1.54) is 0 Å². The Balaban J connectivity index is 0.00000112. The van der Waals surface area contributed by atoms with Crippen molar-refractivity contribution in [2.45, 2.75) is 19.8 Å². The summed E-state index contributed by atoms with van der Waals surface area (Å²) in [6.45, 7) is 2.01. The molecule has 15 heavy (non-hydrogen) atoms. The van der Waals surface area contributed by atoms with Crippen LogP contribution in [0.1, 0.15) is 19.2 Å². The van der Waals surface area contributed by atoms with Crippen LogP contribution in [0.4, 0.5) is 0 Å². The molecule has 0 saturated carbocycles. The average molecular weight is 231 g/mol. The number of rotatable bonds is 2. The number of nitrogens with one attached hydrogen (secondary N) is 3. The van der Waals surface area contributed by atoms with E-state index in [0.717, 1.165) is 18.7 Å². The molecule has 0 fully saturated rings. The molecule has 2 rings (SSSR count). The molecule has 0 saturated heterocycles. The molecule has 0 aliphatic heterocycles. The van der Waals surface area contributed by atoms with Crippen molar-refractivity contribution in [3.8, 4) is 0 Å². The molecule has 0 atom stereocenters. The molecule has 82 valence electrons. The predicted octanol–water partition coefficient (Wildman–Crippen LogP) is 0.314. The lowest BCUT2D eigenvalue weighted by atomic mass is 10.3. The first-order valence-corrected chi connectivity index (χ1v) is 4.42. The summed E-state index contributed by atoms with van der Waals surface area (Å²) >= 11 is 0. The van der Waals surface area contributed by atoms with Gasteiger partial charge in [0.05, 0.1) is 0 Å². The van der Waals surface area contributed by atoms with Crippen LogP contribution >= 0.6 is 12.4 Å². The van der Waals surface area contributed by atoms with E-state index in [-0.39, 0.29) is 12.4 Å². The maximum Gasteiger partial charge on any atom is 0.327 e. The van der Waals surface area contributed by atoms with E-state index in [0.29, 0.717) is 11.2 Å². The molecule has 2 aromatic heterocycles. The van der Waals surface area contributed by atoms with Gasteiger partial charge < -0.3 is 4.98 Å². The van der Waals surface area contributed by atoms with Crippen molar-refractivity contribution in [3.05, 3.63) is 26.7 Å². The number of hydrogen-bond donors (Lipinski definition) is 3. The Morgan fingerprint density at radius 1 is 1.20 bits per heavy atom. The molecule has 2 heterocycles. The van der Waals surface area contributed by atoms with Crippen LogP contribution < -0.4 is 11.2 Å². The van der Waals surface area contributed by atoms with E-state index < -0.39 is 11.2 Å². The summed E-state index contributed by atoms with van der Waals surface area (Å²) in [4.78, 5) is 33.7. The van der Waals surface area contributed by atoms with Crippen LogP contribution in [0, 0.1) is 0 Å². The fourth-order valence-electron chi connectivity index (χ4n) is 1.34. The molecule has 3 N–H and O–H groups in total. The molecule has 0 unspecified atom stereocenters. The third kappa shape index (κ3) is 2.10. The minimum Gasteiger partial charge on any atom is -0.336 e. The van der Waals surface area contributed by atoms with Gasteiger partial charge in [-0.2, -0.15) is 0 Å². The second-order valence-electron chi connectivity index (χ2n) is 3.07. The number of aryl methyl sites for hydroxylation is 1. The number of H-pyrrole nitrogens is 3. The van der Waals surface area contributed by atoms with Gasteiger partial charge in [-0.25, -0.2) is 9.78 Å². The van der Waals surface area contributed by atoms with Gasteiger partial charge in [-0.15, -0.1) is 12.4 Å². The number of fused-ring (bicyclic) bond motifs is 1. The molecule has 2 aromatic rings. The van der Waals surface area contributed by atoms with Gasteiger partial charge in [0, 0.05) is 6.42 Å². The average Bonchev–Trinajstić information content (AvgIpc) is 2.48. The monoisotopic (exact) mass is 230 g/mol. The van der Waals surface area contributed by atoms with Gasteiger partial charge in [0.15, 0.2) is 5.65 Å². The number of nitrogens with zero attached hydrogens (tertiary/aromatic N) is 1. The van der Waals surface area contributed by atoms with Crippen LogP contribution in [-0.2, 0) is 6.42 Å². The first-order valence-electron chi connectivity index (χ1n) is 4.42. The van der Waals surface area contributed by atoms with Crippen molar-refractivity contribution in [1.82, 2.24) is 19.9 Å². The highest BCUT2D eigenvalue weighted by atomic mass is 35.5. The first kappa shape index (κ1) is 11.5.